The number of rotatable bonds is 6. The molecule has 1 aromatic carbocycles. The predicted octanol–water partition coefficient (Wildman–Crippen LogP) is 2.81. The number of aromatic nitrogens is 1. The van der Waals surface area contributed by atoms with Gasteiger partial charge in [0, 0.05) is 11.9 Å². The highest BCUT2D eigenvalue weighted by Gasteiger charge is 2.18. The number of thiophene rings is 1. The Morgan fingerprint density at radius 2 is 1.92 bits per heavy atom. The zero-order valence-electron chi connectivity index (χ0n) is 13.9. The maximum absolute atomic E-state index is 12.3. The first-order chi connectivity index (χ1) is 12.1. The number of esters is 1. The van der Waals surface area contributed by atoms with Crippen LogP contribution in [0, 0.1) is 0 Å². The Morgan fingerprint density at radius 3 is 2.60 bits per heavy atom. The topological polar surface area (TPSA) is 69.6 Å². The molecule has 0 aliphatic heterocycles. The fourth-order valence-corrected chi connectivity index (χ4v) is 3.45. The molecule has 1 amide bonds. The average molecular weight is 358 g/mol. The largest absolute Gasteiger partial charge is 0.497 e. The average Bonchev–Trinajstić information content (AvgIpc) is 3.22. The maximum atomic E-state index is 12.3. The molecule has 3 rings (SSSR count). The number of fused-ring (bicyclic) bond motifs is 1. The standard InChI is InChI=1S/C18H18N2O4S/c1-23-14-5-3-12(4-6-14)10-19-16(21)11-20-15(18(22)24-2)9-13-7-8-25-17(13)20/h3-9H,10-11H2,1-2H3,(H,19,21). The molecular formula is C18H18N2O4S. The maximum Gasteiger partial charge on any atom is 0.354 e. The van der Waals surface area contributed by atoms with Crippen LogP contribution in [0.15, 0.2) is 41.8 Å². The number of hydrogen-bond acceptors (Lipinski definition) is 5. The molecule has 7 heteroatoms. The highest BCUT2D eigenvalue weighted by atomic mass is 32.1. The normalized spacial score (nSPS) is 10.6. The van der Waals surface area contributed by atoms with E-state index in [1.165, 1.54) is 18.4 Å². The van der Waals surface area contributed by atoms with Crippen molar-refractivity contribution in [2.75, 3.05) is 14.2 Å². The summed E-state index contributed by atoms with van der Waals surface area (Å²) >= 11 is 1.48. The van der Waals surface area contributed by atoms with Gasteiger partial charge in [0.1, 0.15) is 22.8 Å². The minimum Gasteiger partial charge on any atom is -0.497 e. The van der Waals surface area contributed by atoms with E-state index in [0.717, 1.165) is 21.5 Å². The minimum absolute atomic E-state index is 0.0601. The number of methoxy groups -OCH3 is 2. The monoisotopic (exact) mass is 358 g/mol. The summed E-state index contributed by atoms with van der Waals surface area (Å²) in [7, 11) is 2.94. The third-order valence-electron chi connectivity index (χ3n) is 3.85. The fourth-order valence-electron chi connectivity index (χ4n) is 2.55. The molecule has 0 saturated carbocycles. The van der Waals surface area contributed by atoms with Crippen LogP contribution in [-0.2, 0) is 22.6 Å². The molecule has 2 heterocycles. The summed E-state index contributed by atoms with van der Waals surface area (Å²) in [5.74, 6) is 0.142. The fraction of sp³-hybridized carbons (Fsp3) is 0.222. The van der Waals surface area contributed by atoms with E-state index in [0.29, 0.717) is 12.2 Å². The summed E-state index contributed by atoms with van der Waals surface area (Å²) in [6, 6.07) is 11.1. The first-order valence-corrected chi connectivity index (χ1v) is 8.55. The summed E-state index contributed by atoms with van der Waals surface area (Å²) in [6.07, 6.45) is 0. The van der Waals surface area contributed by atoms with Crippen LogP contribution in [0.4, 0.5) is 0 Å². The van der Waals surface area contributed by atoms with E-state index in [-0.39, 0.29) is 12.5 Å². The molecule has 2 aromatic heterocycles. The lowest BCUT2D eigenvalue weighted by molar-refractivity contribution is -0.121. The third-order valence-corrected chi connectivity index (χ3v) is 4.80. The highest BCUT2D eigenvalue weighted by molar-refractivity contribution is 7.16. The molecule has 0 atom stereocenters. The predicted molar refractivity (Wildman–Crippen MR) is 96.0 cm³/mol. The number of ether oxygens (including phenoxy) is 2. The van der Waals surface area contributed by atoms with E-state index in [2.05, 4.69) is 5.32 Å². The first kappa shape index (κ1) is 17.0. The van der Waals surface area contributed by atoms with Gasteiger partial charge in [-0.25, -0.2) is 4.79 Å². The summed E-state index contributed by atoms with van der Waals surface area (Å²) in [5.41, 5.74) is 1.35. The minimum atomic E-state index is -0.452. The zero-order chi connectivity index (χ0) is 17.8. The number of carbonyl (C=O) groups excluding carboxylic acids is 2. The Labute approximate surface area is 149 Å². The number of benzene rings is 1. The van der Waals surface area contributed by atoms with Gasteiger partial charge in [-0.15, -0.1) is 11.3 Å². The summed E-state index contributed by atoms with van der Waals surface area (Å²) < 4.78 is 11.6. The van der Waals surface area contributed by atoms with Crippen LogP contribution in [0.5, 0.6) is 5.75 Å². The molecule has 1 N–H and O–H groups in total. The van der Waals surface area contributed by atoms with Gasteiger partial charge in [0.2, 0.25) is 5.91 Å². The van der Waals surface area contributed by atoms with Gasteiger partial charge in [0.15, 0.2) is 0 Å². The van der Waals surface area contributed by atoms with Gasteiger partial charge >= 0.3 is 5.97 Å². The molecule has 130 valence electrons. The van der Waals surface area contributed by atoms with Crippen molar-refractivity contribution in [2.45, 2.75) is 13.1 Å². The number of carbonyl (C=O) groups is 2. The lowest BCUT2D eigenvalue weighted by Gasteiger charge is -2.10. The van der Waals surface area contributed by atoms with E-state index in [9.17, 15) is 9.59 Å². The van der Waals surface area contributed by atoms with Crippen LogP contribution >= 0.6 is 11.3 Å². The van der Waals surface area contributed by atoms with Crippen LogP contribution in [0.1, 0.15) is 16.1 Å². The van der Waals surface area contributed by atoms with Gasteiger partial charge in [-0.1, -0.05) is 12.1 Å². The second-order valence-electron chi connectivity index (χ2n) is 5.41. The summed E-state index contributed by atoms with van der Waals surface area (Å²) in [6.45, 7) is 0.468. The van der Waals surface area contributed by atoms with E-state index in [1.54, 1.807) is 17.7 Å². The Bertz CT molecular complexity index is 896. The van der Waals surface area contributed by atoms with Gasteiger partial charge in [-0.05, 0) is 35.2 Å². The molecule has 0 saturated heterocycles. The molecule has 0 aliphatic rings. The van der Waals surface area contributed by atoms with Gasteiger partial charge in [0.05, 0.1) is 14.2 Å². The zero-order valence-corrected chi connectivity index (χ0v) is 14.8. The number of nitrogens with zero attached hydrogens (tertiary/aromatic N) is 1. The van der Waals surface area contributed by atoms with Crippen molar-refractivity contribution >= 4 is 33.4 Å². The molecule has 0 spiro atoms. The second-order valence-corrected chi connectivity index (χ2v) is 6.31. The lowest BCUT2D eigenvalue weighted by Crippen LogP contribution is -2.28. The lowest BCUT2D eigenvalue weighted by atomic mass is 10.2. The van der Waals surface area contributed by atoms with Crippen molar-refractivity contribution in [3.63, 3.8) is 0 Å². The van der Waals surface area contributed by atoms with Gasteiger partial charge < -0.3 is 19.4 Å². The number of amides is 1. The number of hydrogen-bond donors (Lipinski definition) is 1. The van der Waals surface area contributed by atoms with E-state index >= 15 is 0 Å². The van der Waals surface area contributed by atoms with Crippen molar-refractivity contribution in [3.05, 3.63) is 53.0 Å². The summed E-state index contributed by atoms with van der Waals surface area (Å²) in [4.78, 5) is 25.1. The molecule has 0 radical (unpaired) electrons. The molecule has 3 aromatic rings. The second kappa shape index (κ2) is 7.40. The molecule has 0 aliphatic carbocycles. The van der Waals surface area contributed by atoms with Gasteiger partial charge in [0.25, 0.3) is 0 Å². The Kier molecular flexibility index (Phi) is 5.04. The first-order valence-electron chi connectivity index (χ1n) is 7.67. The van der Waals surface area contributed by atoms with Crippen LogP contribution in [0.25, 0.3) is 10.2 Å². The molecular weight excluding hydrogens is 340 g/mol. The van der Waals surface area contributed by atoms with E-state index in [1.807, 2.05) is 35.7 Å². The van der Waals surface area contributed by atoms with Gasteiger partial charge in [-0.2, -0.15) is 0 Å². The van der Waals surface area contributed by atoms with Crippen LogP contribution < -0.4 is 10.1 Å². The van der Waals surface area contributed by atoms with E-state index < -0.39 is 5.97 Å². The molecule has 0 fully saturated rings. The SMILES string of the molecule is COC(=O)c1cc2ccsc2n1CC(=O)NCc1ccc(OC)cc1. The molecule has 25 heavy (non-hydrogen) atoms. The molecule has 0 unspecified atom stereocenters. The molecule has 0 bridgehead atoms. The Balaban J connectivity index is 1.70. The summed E-state index contributed by atoms with van der Waals surface area (Å²) in [5, 5.41) is 5.72. The highest BCUT2D eigenvalue weighted by Crippen LogP contribution is 2.25. The van der Waals surface area contributed by atoms with Crippen LogP contribution in [0.2, 0.25) is 0 Å². The number of nitrogens with one attached hydrogen (secondary N) is 1. The van der Waals surface area contributed by atoms with Crippen molar-refractivity contribution < 1.29 is 19.1 Å². The van der Waals surface area contributed by atoms with Crippen LogP contribution in [-0.4, -0.2) is 30.7 Å². The Hall–Kier alpha value is -2.80. The van der Waals surface area contributed by atoms with Gasteiger partial charge in [-0.3, -0.25) is 4.79 Å². The van der Waals surface area contributed by atoms with Crippen molar-refractivity contribution in [3.8, 4) is 5.75 Å². The van der Waals surface area contributed by atoms with Crippen molar-refractivity contribution in [2.24, 2.45) is 0 Å². The van der Waals surface area contributed by atoms with Crippen molar-refractivity contribution in [1.29, 1.82) is 0 Å². The van der Waals surface area contributed by atoms with E-state index in [4.69, 9.17) is 9.47 Å². The smallest absolute Gasteiger partial charge is 0.354 e. The molecule has 6 nitrogen and oxygen atoms in total. The van der Waals surface area contributed by atoms with Crippen molar-refractivity contribution in [1.82, 2.24) is 9.88 Å². The third kappa shape index (κ3) is 3.66. The Morgan fingerprint density at radius 1 is 1.16 bits per heavy atom. The quantitative estimate of drug-likeness (QED) is 0.688. The van der Waals surface area contributed by atoms with Crippen LogP contribution in [0.3, 0.4) is 0 Å².